The summed E-state index contributed by atoms with van der Waals surface area (Å²) >= 11 is 0. The van der Waals surface area contributed by atoms with Gasteiger partial charge in [-0.1, -0.05) is 36.8 Å². The lowest BCUT2D eigenvalue weighted by Gasteiger charge is -2.32. The molecular weight excluding hydrogens is 356 g/mol. The molecule has 28 heavy (non-hydrogen) atoms. The molecule has 0 saturated carbocycles. The molecule has 6 atom stereocenters. The van der Waals surface area contributed by atoms with Gasteiger partial charge in [-0.05, 0) is 58.4 Å². The summed E-state index contributed by atoms with van der Waals surface area (Å²) in [4.78, 5) is 25.5. The van der Waals surface area contributed by atoms with Gasteiger partial charge in [0, 0.05) is 6.42 Å². The van der Waals surface area contributed by atoms with E-state index in [4.69, 9.17) is 14.2 Å². The monoisotopic (exact) mass is 388 g/mol. The highest BCUT2D eigenvalue weighted by Crippen LogP contribution is 2.37. The minimum Gasteiger partial charge on any atom is -0.462 e. The number of allylic oxidation sites excluding steroid dienone is 3. The SMILES string of the molecule is CC1=CC(C)C2C(=O)O[C@@H](C)C/C=C\C(=O)[C@H]3OC(C)(C)O[C@H]3C/C=C/C2C1. The van der Waals surface area contributed by atoms with E-state index in [1.165, 1.54) is 11.6 Å². The second kappa shape index (κ2) is 8.34. The van der Waals surface area contributed by atoms with Gasteiger partial charge in [-0.2, -0.15) is 0 Å². The third-order valence-electron chi connectivity index (χ3n) is 5.69. The first-order valence-corrected chi connectivity index (χ1v) is 10.3. The van der Waals surface area contributed by atoms with E-state index in [-0.39, 0.29) is 41.7 Å². The molecule has 0 aromatic rings. The molecule has 5 nitrogen and oxygen atoms in total. The normalized spacial score (nSPS) is 41.1. The Hall–Kier alpha value is -1.72. The van der Waals surface area contributed by atoms with E-state index in [0.29, 0.717) is 12.8 Å². The van der Waals surface area contributed by atoms with Crippen LogP contribution < -0.4 is 0 Å². The fraction of sp³-hybridized carbons (Fsp3) is 0.652. The maximum absolute atomic E-state index is 12.9. The van der Waals surface area contributed by atoms with Gasteiger partial charge in [-0.15, -0.1) is 0 Å². The number of rotatable bonds is 0. The van der Waals surface area contributed by atoms with Crippen LogP contribution in [0.5, 0.6) is 0 Å². The summed E-state index contributed by atoms with van der Waals surface area (Å²) in [6, 6.07) is 0. The van der Waals surface area contributed by atoms with Crippen LogP contribution in [0.4, 0.5) is 0 Å². The van der Waals surface area contributed by atoms with Crippen molar-refractivity contribution in [2.24, 2.45) is 17.8 Å². The topological polar surface area (TPSA) is 61.8 Å². The Morgan fingerprint density at radius 2 is 1.82 bits per heavy atom. The van der Waals surface area contributed by atoms with Crippen molar-refractivity contribution < 1.29 is 23.8 Å². The van der Waals surface area contributed by atoms with Crippen LogP contribution in [0.1, 0.15) is 53.9 Å². The summed E-state index contributed by atoms with van der Waals surface area (Å²) < 4.78 is 17.5. The number of hydrogen-bond acceptors (Lipinski definition) is 5. The van der Waals surface area contributed by atoms with Crippen LogP contribution in [0.15, 0.2) is 36.0 Å². The zero-order valence-corrected chi connectivity index (χ0v) is 17.5. The molecule has 0 N–H and O–H groups in total. The van der Waals surface area contributed by atoms with Gasteiger partial charge >= 0.3 is 5.97 Å². The zero-order valence-electron chi connectivity index (χ0n) is 17.5. The molecule has 3 rings (SSSR count). The molecule has 3 unspecified atom stereocenters. The van der Waals surface area contributed by atoms with Gasteiger partial charge in [0.05, 0.1) is 12.0 Å². The van der Waals surface area contributed by atoms with Crippen molar-refractivity contribution in [3.8, 4) is 0 Å². The van der Waals surface area contributed by atoms with Crippen molar-refractivity contribution in [2.45, 2.75) is 78.0 Å². The molecule has 5 heteroatoms. The predicted molar refractivity (Wildman–Crippen MR) is 106 cm³/mol. The average molecular weight is 389 g/mol. The van der Waals surface area contributed by atoms with Gasteiger partial charge in [-0.3, -0.25) is 9.59 Å². The van der Waals surface area contributed by atoms with Crippen LogP contribution in [0.2, 0.25) is 0 Å². The van der Waals surface area contributed by atoms with Crippen LogP contribution in [0, 0.1) is 17.8 Å². The number of fused-ring (bicyclic) bond motifs is 2. The Labute approximate surface area is 167 Å². The van der Waals surface area contributed by atoms with Gasteiger partial charge in [0.2, 0.25) is 0 Å². The molecule has 0 aromatic heterocycles. The van der Waals surface area contributed by atoms with E-state index < -0.39 is 11.9 Å². The number of esters is 1. The fourth-order valence-electron chi connectivity index (χ4n) is 4.52. The Bertz CT molecular complexity index is 702. The standard InChI is InChI=1S/C23H32O5/c1-14-12-15(2)20-17(13-14)9-7-11-19-21(28-23(4,5)27-19)18(24)10-6-8-16(3)26-22(20)25/h6-7,9-10,12,15-17,19-21H,8,11,13H2,1-5H3/b9-7+,10-6-/t15?,16-,17?,19-,20?,21+/m0/s1. The molecule has 0 aromatic carbocycles. The van der Waals surface area contributed by atoms with Gasteiger partial charge in [0.15, 0.2) is 11.6 Å². The van der Waals surface area contributed by atoms with Gasteiger partial charge in [0.1, 0.15) is 12.2 Å². The third kappa shape index (κ3) is 4.81. The highest BCUT2D eigenvalue weighted by molar-refractivity contribution is 5.94. The van der Waals surface area contributed by atoms with Crippen molar-refractivity contribution in [1.29, 1.82) is 0 Å². The van der Waals surface area contributed by atoms with Crippen LogP contribution in [0.3, 0.4) is 0 Å². The lowest BCUT2D eigenvalue weighted by molar-refractivity contribution is -0.156. The summed E-state index contributed by atoms with van der Waals surface area (Å²) in [6.07, 6.45) is 10.3. The molecule has 2 heterocycles. The van der Waals surface area contributed by atoms with Gasteiger partial charge in [-0.25, -0.2) is 0 Å². The number of carbonyl (C=O) groups excluding carboxylic acids is 2. The van der Waals surface area contributed by atoms with E-state index in [1.54, 1.807) is 6.08 Å². The quantitative estimate of drug-likeness (QED) is 0.461. The highest BCUT2D eigenvalue weighted by Gasteiger charge is 2.44. The highest BCUT2D eigenvalue weighted by atomic mass is 16.8. The molecule has 1 aliphatic carbocycles. The maximum Gasteiger partial charge on any atom is 0.310 e. The first-order valence-electron chi connectivity index (χ1n) is 10.3. The van der Waals surface area contributed by atoms with Crippen molar-refractivity contribution in [2.75, 3.05) is 0 Å². The molecule has 1 fully saturated rings. The number of ether oxygens (including phenoxy) is 3. The molecule has 154 valence electrons. The molecule has 3 aliphatic rings. The summed E-state index contributed by atoms with van der Waals surface area (Å²) in [5.74, 6) is -1.02. The molecule has 0 bridgehead atoms. The van der Waals surface area contributed by atoms with E-state index in [9.17, 15) is 9.59 Å². The number of carbonyl (C=O) groups is 2. The molecule has 0 radical (unpaired) electrons. The van der Waals surface area contributed by atoms with E-state index in [2.05, 4.69) is 26.0 Å². The van der Waals surface area contributed by atoms with Crippen LogP contribution in [0.25, 0.3) is 0 Å². The summed E-state index contributed by atoms with van der Waals surface area (Å²) in [5, 5.41) is 0. The third-order valence-corrected chi connectivity index (χ3v) is 5.69. The molecule has 1 saturated heterocycles. The second-order valence-corrected chi connectivity index (χ2v) is 8.81. The molecule has 0 spiro atoms. The lowest BCUT2D eigenvalue weighted by atomic mass is 9.74. The molecule has 2 aliphatic heterocycles. The van der Waals surface area contributed by atoms with Crippen molar-refractivity contribution in [3.05, 3.63) is 36.0 Å². The Balaban J connectivity index is 1.88. The first kappa shape index (κ1) is 21.0. The van der Waals surface area contributed by atoms with Crippen molar-refractivity contribution in [1.82, 2.24) is 0 Å². The second-order valence-electron chi connectivity index (χ2n) is 8.81. The minimum atomic E-state index is -0.784. The predicted octanol–water partition coefficient (Wildman–Crippen LogP) is 4.13. The largest absolute Gasteiger partial charge is 0.462 e. The van der Waals surface area contributed by atoms with Crippen LogP contribution in [-0.2, 0) is 23.8 Å². The summed E-state index contributed by atoms with van der Waals surface area (Å²) in [7, 11) is 0. The fourth-order valence-corrected chi connectivity index (χ4v) is 4.52. The Morgan fingerprint density at radius 3 is 2.57 bits per heavy atom. The Morgan fingerprint density at radius 1 is 1.07 bits per heavy atom. The van der Waals surface area contributed by atoms with Gasteiger partial charge < -0.3 is 14.2 Å². The average Bonchev–Trinajstić information content (AvgIpc) is 2.88. The van der Waals surface area contributed by atoms with Crippen molar-refractivity contribution in [3.63, 3.8) is 0 Å². The van der Waals surface area contributed by atoms with Gasteiger partial charge in [0.25, 0.3) is 0 Å². The van der Waals surface area contributed by atoms with E-state index >= 15 is 0 Å². The van der Waals surface area contributed by atoms with Crippen LogP contribution >= 0.6 is 0 Å². The molecular formula is C23H32O5. The zero-order chi connectivity index (χ0) is 20.5. The number of ketones is 1. The van der Waals surface area contributed by atoms with Crippen molar-refractivity contribution >= 4 is 11.8 Å². The molecule has 0 amide bonds. The summed E-state index contributed by atoms with van der Waals surface area (Å²) in [6.45, 7) is 9.70. The number of hydrogen-bond donors (Lipinski definition) is 0. The first-order chi connectivity index (χ1) is 13.2. The smallest absolute Gasteiger partial charge is 0.310 e. The summed E-state index contributed by atoms with van der Waals surface area (Å²) in [5.41, 5.74) is 1.29. The van der Waals surface area contributed by atoms with E-state index in [0.717, 1.165) is 6.42 Å². The van der Waals surface area contributed by atoms with E-state index in [1.807, 2.05) is 26.8 Å². The maximum atomic E-state index is 12.9. The lowest BCUT2D eigenvalue weighted by Crippen LogP contribution is -2.34. The Kier molecular flexibility index (Phi) is 6.25. The van der Waals surface area contributed by atoms with Crippen LogP contribution in [-0.4, -0.2) is 35.9 Å². The minimum absolute atomic E-state index is 0.0858. The number of cyclic esters (lactones) is 1.